The normalized spacial score (nSPS) is 17.8. The number of rotatable bonds is 3. The van der Waals surface area contributed by atoms with Gasteiger partial charge in [0.1, 0.15) is 0 Å². The third-order valence-electron chi connectivity index (χ3n) is 5.46. The molecule has 0 radical (unpaired) electrons. The van der Waals surface area contributed by atoms with E-state index in [-0.39, 0.29) is 11.5 Å². The first-order valence-corrected chi connectivity index (χ1v) is 9.50. The molecule has 2 aromatic rings. The number of aromatic nitrogens is 1. The first-order chi connectivity index (χ1) is 12.7. The number of hydrogen-bond acceptors (Lipinski definition) is 3. The number of carbonyl (C=O) groups excluding carboxylic acids is 1. The lowest BCUT2D eigenvalue weighted by molar-refractivity contribution is 0.0734. The summed E-state index contributed by atoms with van der Waals surface area (Å²) in [5, 5.41) is 0. The Bertz CT molecular complexity index is 835. The van der Waals surface area contributed by atoms with Crippen molar-refractivity contribution in [3.8, 4) is 0 Å². The summed E-state index contributed by atoms with van der Waals surface area (Å²) in [5.74, 6) is 0.0615. The number of hydrogen-bond donors (Lipinski definition) is 1. The Morgan fingerprint density at radius 1 is 1.00 bits per heavy atom. The molecule has 1 amide bonds. The molecule has 4 rings (SSSR count). The standard InChI is InChI=1S/C21H25N3O2/c25-20-12-18-8-11-24(15-19(18)13-22-20)21(26)17-6-4-16(5-7-17)14-23-9-2-1-3-10-23/h4-7,12-13H,1-3,8-11,14-15H2,(H,22,25). The highest BCUT2D eigenvalue weighted by Crippen LogP contribution is 2.19. The number of carbonyl (C=O) groups is 1. The van der Waals surface area contributed by atoms with Crippen LogP contribution in [0.25, 0.3) is 0 Å². The van der Waals surface area contributed by atoms with E-state index in [0.717, 1.165) is 29.7 Å². The van der Waals surface area contributed by atoms with Crippen LogP contribution in [0.1, 0.15) is 46.3 Å². The van der Waals surface area contributed by atoms with Crippen LogP contribution in [0.4, 0.5) is 0 Å². The van der Waals surface area contributed by atoms with Crippen LogP contribution in [0.15, 0.2) is 41.3 Å². The minimum atomic E-state index is -0.0761. The van der Waals surface area contributed by atoms with Gasteiger partial charge in [-0.05, 0) is 61.2 Å². The van der Waals surface area contributed by atoms with E-state index in [0.29, 0.717) is 13.1 Å². The Morgan fingerprint density at radius 3 is 2.54 bits per heavy atom. The molecule has 5 heteroatoms. The largest absolute Gasteiger partial charge is 0.334 e. The van der Waals surface area contributed by atoms with Gasteiger partial charge >= 0.3 is 0 Å². The third kappa shape index (κ3) is 3.73. The summed E-state index contributed by atoms with van der Waals surface area (Å²) < 4.78 is 0. The van der Waals surface area contributed by atoms with E-state index >= 15 is 0 Å². The molecule has 0 atom stereocenters. The summed E-state index contributed by atoms with van der Waals surface area (Å²) in [4.78, 5) is 31.3. The highest BCUT2D eigenvalue weighted by Gasteiger charge is 2.22. The third-order valence-corrected chi connectivity index (χ3v) is 5.46. The van der Waals surface area contributed by atoms with Crippen molar-refractivity contribution in [3.05, 3.63) is 69.1 Å². The SMILES string of the molecule is O=C(c1ccc(CN2CCCCC2)cc1)N1CCc2cc(=O)[nH]cc2C1. The number of aromatic amines is 1. The lowest BCUT2D eigenvalue weighted by atomic mass is 10.0. The first kappa shape index (κ1) is 17.0. The summed E-state index contributed by atoms with van der Waals surface area (Å²) in [7, 11) is 0. The Kier molecular flexibility index (Phi) is 4.89. The smallest absolute Gasteiger partial charge is 0.254 e. The quantitative estimate of drug-likeness (QED) is 0.925. The maximum atomic E-state index is 12.8. The minimum absolute atomic E-state index is 0.0615. The molecule has 0 spiro atoms. The van der Waals surface area contributed by atoms with Gasteiger partial charge in [0, 0.05) is 37.5 Å². The second kappa shape index (κ2) is 7.46. The van der Waals surface area contributed by atoms with Gasteiger partial charge in [0.15, 0.2) is 0 Å². The number of pyridine rings is 1. The molecule has 5 nitrogen and oxygen atoms in total. The van der Waals surface area contributed by atoms with Gasteiger partial charge < -0.3 is 9.88 Å². The molecule has 1 aromatic heterocycles. The van der Waals surface area contributed by atoms with Crippen LogP contribution in [-0.2, 0) is 19.5 Å². The van der Waals surface area contributed by atoms with Gasteiger partial charge in [-0.1, -0.05) is 18.6 Å². The summed E-state index contributed by atoms with van der Waals surface area (Å²) >= 11 is 0. The topological polar surface area (TPSA) is 56.4 Å². The number of benzene rings is 1. The molecule has 0 bridgehead atoms. The van der Waals surface area contributed by atoms with Gasteiger partial charge in [-0.15, -0.1) is 0 Å². The molecule has 1 N–H and O–H groups in total. The van der Waals surface area contributed by atoms with Crippen molar-refractivity contribution >= 4 is 5.91 Å². The molecule has 1 fully saturated rings. The minimum Gasteiger partial charge on any atom is -0.334 e. The van der Waals surface area contributed by atoms with Crippen molar-refractivity contribution in [2.75, 3.05) is 19.6 Å². The van der Waals surface area contributed by atoms with Crippen molar-refractivity contribution in [3.63, 3.8) is 0 Å². The van der Waals surface area contributed by atoms with Crippen molar-refractivity contribution in [2.24, 2.45) is 0 Å². The molecule has 26 heavy (non-hydrogen) atoms. The molecule has 0 saturated carbocycles. The molecule has 136 valence electrons. The Hall–Kier alpha value is -2.40. The van der Waals surface area contributed by atoms with Crippen LogP contribution in [0.2, 0.25) is 0 Å². The fourth-order valence-corrected chi connectivity index (χ4v) is 3.95. The zero-order chi connectivity index (χ0) is 17.9. The van der Waals surface area contributed by atoms with Gasteiger partial charge in [0.25, 0.3) is 5.91 Å². The number of likely N-dealkylation sites (tertiary alicyclic amines) is 1. The van der Waals surface area contributed by atoms with E-state index in [1.54, 1.807) is 12.3 Å². The second-order valence-electron chi connectivity index (χ2n) is 7.36. The Labute approximate surface area is 153 Å². The average Bonchev–Trinajstić information content (AvgIpc) is 2.68. The van der Waals surface area contributed by atoms with E-state index in [2.05, 4.69) is 22.0 Å². The fourth-order valence-electron chi connectivity index (χ4n) is 3.95. The number of nitrogens with zero attached hydrogens (tertiary/aromatic N) is 2. The van der Waals surface area contributed by atoms with E-state index in [1.165, 1.54) is 37.9 Å². The number of amides is 1. The summed E-state index contributed by atoms with van der Waals surface area (Å²) in [5.41, 5.74) is 4.01. The molecule has 3 heterocycles. The molecule has 2 aliphatic heterocycles. The van der Waals surface area contributed by atoms with Gasteiger partial charge in [-0.2, -0.15) is 0 Å². The molecular formula is C21H25N3O2. The van der Waals surface area contributed by atoms with Crippen LogP contribution < -0.4 is 5.56 Å². The predicted molar refractivity (Wildman–Crippen MR) is 101 cm³/mol. The van der Waals surface area contributed by atoms with Crippen molar-refractivity contribution in [1.82, 2.24) is 14.8 Å². The zero-order valence-electron chi connectivity index (χ0n) is 15.0. The van der Waals surface area contributed by atoms with E-state index < -0.39 is 0 Å². The molecular weight excluding hydrogens is 326 g/mol. The lowest BCUT2D eigenvalue weighted by Gasteiger charge is -2.29. The van der Waals surface area contributed by atoms with Crippen LogP contribution in [0.3, 0.4) is 0 Å². The fraction of sp³-hybridized carbons (Fsp3) is 0.429. The average molecular weight is 351 g/mol. The highest BCUT2D eigenvalue weighted by atomic mass is 16.2. The second-order valence-corrected chi connectivity index (χ2v) is 7.36. The molecule has 1 aromatic carbocycles. The molecule has 0 aliphatic carbocycles. The van der Waals surface area contributed by atoms with E-state index in [9.17, 15) is 9.59 Å². The monoisotopic (exact) mass is 351 g/mol. The Balaban J connectivity index is 1.41. The maximum Gasteiger partial charge on any atom is 0.254 e. The van der Waals surface area contributed by atoms with E-state index in [4.69, 9.17) is 0 Å². The first-order valence-electron chi connectivity index (χ1n) is 9.50. The number of piperidine rings is 1. The number of nitrogens with one attached hydrogen (secondary N) is 1. The number of H-pyrrole nitrogens is 1. The van der Waals surface area contributed by atoms with Gasteiger partial charge in [-0.25, -0.2) is 0 Å². The molecule has 0 unspecified atom stereocenters. The highest BCUT2D eigenvalue weighted by molar-refractivity contribution is 5.94. The van der Waals surface area contributed by atoms with Gasteiger partial charge in [-0.3, -0.25) is 14.5 Å². The summed E-state index contributed by atoms with van der Waals surface area (Å²) in [6.45, 7) is 4.54. The van der Waals surface area contributed by atoms with Crippen molar-refractivity contribution in [2.45, 2.75) is 38.8 Å². The van der Waals surface area contributed by atoms with Crippen LogP contribution in [0.5, 0.6) is 0 Å². The predicted octanol–water partition coefficient (Wildman–Crippen LogP) is 2.56. The summed E-state index contributed by atoms with van der Waals surface area (Å²) in [6.07, 6.45) is 6.39. The number of fused-ring (bicyclic) bond motifs is 1. The van der Waals surface area contributed by atoms with E-state index in [1.807, 2.05) is 17.0 Å². The van der Waals surface area contributed by atoms with Gasteiger partial charge in [0.05, 0.1) is 0 Å². The van der Waals surface area contributed by atoms with Crippen molar-refractivity contribution < 1.29 is 4.79 Å². The lowest BCUT2D eigenvalue weighted by Crippen LogP contribution is -2.36. The van der Waals surface area contributed by atoms with Crippen LogP contribution in [-0.4, -0.2) is 40.3 Å². The van der Waals surface area contributed by atoms with Crippen molar-refractivity contribution in [1.29, 1.82) is 0 Å². The zero-order valence-corrected chi connectivity index (χ0v) is 15.0. The van der Waals surface area contributed by atoms with Crippen LogP contribution in [0, 0.1) is 0 Å². The van der Waals surface area contributed by atoms with Gasteiger partial charge in [0.2, 0.25) is 5.56 Å². The van der Waals surface area contributed by atoms with Crippen LogP contribution >= 0.6 is 0 Å². The molecule has 1 saturated heterocycles. The Morgan fingerprint density at radius 2 is 1.77 bits per heavy atom. The summed E-state index contributed by atoms with van der Waals surface area (Å²) in [6, 6.07) is 9.70. The molecule has 2 aliphatic rings. The maximum absolute atomic E-state index is 12.8.